The van der Waals surface area contributed by atoms with E-state index < -0.39 is 0 Å². The minimum absolute atomic E-state index is 0.519. The Hall–Kier alpha value is -0.360. The number of aromatic amines is 1. The number of aromatic nitrogens is 1. The molecule has 3 rings (SSSR count). The Labute approximate surface area is 125 Å². The van der Waals surface area contributed by atoms with Gasteiger partial charge in [0.05, 0.1) is 21.9 Å². The summed E-state index contributed by atoms with van der Waals surface area (Å²) >= 11 is 5.51. The van der Waals surface area contributed by atoms with Crippen molar-refractivity contribution in [3.8, 4) is 0 Å². The SMILES string of the molecule is COOCc1cc2[nH]c(Br)c(C3CCCCC3)c2s1. The van der Waals surface area contributed by atoms with Crippen LogP contribution in [-0.4, -0.2) is 12.1 Å². The van der Waals surface area contributed by atoms with E-state index in [4.69, 9.17) is 4.89 Å². The third kappa shape index (κ3) is 2.75. The molecule has 0 spiro atoms. The molecule has 0 bridgehead atoms. The first-order chi connectivity index (χ1) is 9.29. The lowest BCUT2D eigenvalue weighted by atomic mass is 9.85. The molecular weight excluding hydrogens is 326 g/mol. The molecule has 1 saturated carbocycles. The fourth-order valence-corrected chi connectivity index (χ4v) is 4.98. The molecule has 19 heavy (non-hydrogen) atoms. The molecule has 1 aliphatic carbocycles. The second-order valence-electron chi connectivity index (χ2n) is 5.07. The molecule has 0 amide bonds. The van der Waals surface area contributed by atoms with Crippen LogP contribution < -0.4 is 0 Å². The second kappa shape index (κ2) is 5.95. The van der Waals surface area contributed by atoms with Gasteiger partial charge in [0, 0.05) is 10.4 Å². The molecule has 0 unspecified atom stereocenters. The Balaban J connectivity index is 1.92. The van der Waals surface area contributed by atoms with Gasteiger partial charge in [-0.25, -0.2) is 9.78 Å². The normalized spacial score (nSPS) is 17.4. The number of halogens is 1. The van der Waals surface area contributed by atoms with Crippen molar-refractivity contribution in [2.45, 2.75) is 44.6 Å². The summed E-state index contributed by atoms with van der Waals surface area (Å²) in [5.74, 6) is 0.701. The van der Waals surface area contributed by atoms with E-state index in [1.165, 1.54) is 57.4 Å². The molecule has 0 aromatic carbocycles. The smallest absolute Gasteiger partial charge is 0.116 e. The van der Waals surface area contributed by atoms with Crippen molar-refractivity contribution in [1.82, 2.24) is 4.98 Å². The Kier molecular flexibility index (Phi) is 4.27. The van der Waals surface area contributed by atoms with Crippen molar-refractivity contribution >= 4 is 37.5 Å². The molecule has 2 aromatic heterocycles. The number of thiophene rings is 1. The minimum Gasteiger partial charge on any atom is -0.348 e. The summed E-state index contributed by atoms with van der Waals surface area (Å²) in [5.41, 5.74) is 2.69. The average molecular weight is 344 g/mol. The van der Waals surface area contributed by atoms with Gasteiger partial charge in [-0.3, -0.25) is 0 Å². The monoisotopic (exact) mass is 343 g/mol. The molecule has 0 aliphatic heterocycles. The molecule has 0 atom stereocenters. The first kappa shape index (κ1) is 13.6. The minimum atomic E-state index is 0.519. The van der Waals surface area contributed by atoms with Gasteiger partial charge in [-0.2, -0.15) is 0 Å². The highest BCUT2D eigenvalue weighted by Crippen LogP contribution is 2.43. The number of rotatable bonds is 4. The van der Waals surface area contributed by atoms with Crippen molar-refractivity contribution in [3.05, 3.63) is 21.1 Å². The van der Waals surface area contributed by atoms with E-state index in [9.17, 15) is 0 Å². The third-order valence-corrected chi connectivity index (χ3v) is 5.61. The highest BCUT2D eigenvalue weighted by atomic mass is 79.9. The lowest BCUT2D eigenvalue weighted by molar-refractivity contribution is -0.281. The Morgan fingerprint density at radius 3 is 2.89 bits per heavy atom. The Bertz CT molecular complexity index is 557. The molecule has 5 heteroatoms. The van der Waals surface area contributed by atoms with Gasteiger partial charge in [0.1, 0.15) is 6.61 Å². The summed E-state index contributed by atoms with van der Waals surface area (Å²) in [4.78, 5) is 14.3. The fourth-order valence-electron chi connectivity index (χ4n) is 2.96. The molecule has 0 saturated heterocycles. The summed E-state index contributed by atoms with van der Waals surface area (Å²) < 4.78 is 2.55. The molecule has 104 valence electrons. The highest BCUT2D eigenvalue weighted by Gasteiger charge is 2.23. The zero-order chi connectivity index (χ0) is 13.2. The van der Waals surface area contributed by atoms with Crippen LogP contribution in [0, 0.1) is 0 Å². The fraction of sp³-hybridized carbons (Fsp3) is 0.571. The van der Waals surface area contributed by atoms with Crippen LogP contribution in [-0.2, 0) is 16.4 Å². The van der Waals surface area contributed by atoms with E-state index in [0.29, 0.717) is 12.5 Å². The zero-order valence-electron chi connectivity index (χ0n) is 11.0. The van der Waals surface area contributed by atoms with Crippen LogP contribution >= 0.6 is 27.3 Å². The van der Waals surface area contributed by atoms with E-state index in [1.807, 2.05) is 11.3 Å². The van der Waals surface area contributed by atoms with Crippen molar-refractivity contribution in [2.75, 3.05) is 7.11 Å². The summed E-state index contributed by atoms with van der Waals surface area (Å²) in [6, 6.07) is 2.16. The number of H-pyrrole nitrogens is 1. The van der Waals surface area contributed by atoms with Gasteiger partial charge in [0.15, 0.2) is 0 Å². The van der Waals surface area contributed by atoms with E-state index in [0.717, 1.165) is 0 Å². The number of nitrogens with one attached hydrogen (secondary N) is 1. The summed E-state index contributed by atoms with van der Waals surface area (Å²) in [7, 11) is 1.55. The van der Waals surface area contributed by atoms with E-state index in [1.54, 1.807) is 7.11 Å². The standard InChI is InChI=1S/C14H18BrNO2S/c1-17-18-8-10-7-11-13(19-10)12(14(15)16-11)9-5-3-2-4-6-9/h7,9,16H,2-6,8H2,1H3. The van der Waals surface area contributed by atoms with Gasteiger partial charge in [0.25, 0.3) is 0 Å². The maximum absolute atomic E-state index is 5.02. The van der Waals surface area contributed by atoms with E-state index in [-0.39, 0.29) is 0 Å². The lowest BCUT2D eigenvalue weighted by Crippen LogP contribution is -2.04. The molecule has 1 N–H and O–H groups in total. The maximum atomic E-state index is 5.02. The Morgan fingerprint density at radius 2 is 2.16 bits per heavy atom. The zero-order valence-corrected chi connectivity index (χ0v) is 13.4. The Morgan fingerprint density at radius 1 is 1.37 bits per heavy atom. The number of hydrogen-bond donors (Lipinski definition) is 1. The number of hydrogen-bond acceptors (Lipinski definition) is 3. The van der Waals surface area contributed by atoms with Crippen LogP contribution in [0.5, 0.6) is 0 Å². The van der Waals surface area contributed by atoms with Crippen molar-refractivity contribution < 1.29 is 9.78 Å². The van der Waals surface area contributed by atoms with Gasteiger partial charge in [-0.15, -0.1) is 11.3 Å². The van der Waals surface area contributed by atoms with E-state index in [2.05, 4.69) is 31.9 Å². The maximum Gasteiger partial charge on any atom is 0.116 e. The molecule has 0 radical (unpaired) electrons. The van der Waals surface area contributed by atoms with Crippen molar-refractivity contribution in [3.63, 3.8) is 0 Å². The van der Waals surface area contributed by atoms with Crippen LogP contribution in [0.2, 0.25) is 0 Å². The molecule has 2 aromatic rings. The first-order valence-electron chi connectivity index (χ1n) is 6.75. The predicted molar refractivity (Wildman–Crippen MR) is 81.5 cm³/mol. The predicted octanol–water partition coefficient (Wildman–Crippen LogP) is 5.12. The first-order valence-corrected chi connectivity index (χ1v) is 8.36. The van der Waals surface area contributed by atoms with Crippen LogP contribution in [0.25, 0.3) is 10.2 Å². The highest BCUT2D eigenvalue weighted by molar-refractivity contribution is 9.10. The van der Waals surface area contributed by atoms with Crippen molar-refractivity contribution in [2.24, 2.45) is 0 Å². The van der Waals surface area contributed by atoms with Gasteiger partial charge in [-0.1, -0.05) is 19.3 Å². The largest absolute Gasteiger partial charge is 0.348 e. The number of fused-ring (bicyclic) bond motifs is 1. The topological polar surface area (TPSA) is 34.2 Å². The van der Waals surface area contributed by atoms with Crippen LogP contribution in [0.3, 0.4) is 0 Å². The van der Waals surface area contributed by atoms with Crippen molar-refractivity contribution in [1.29, 1.82) is 0 Å². The molecular formula is C14H18BrNO2S. The second-order valence-corrected chi connectivity index (χ2v) is 7.00. The molecule has 2 heterocycles. The summed E-state index contributed by atoms with van der Waals surface area (Å²) in [6.45, 7) is 0.519. The summed E-state index contributed by atoms with van der Waals surface area (Å²) in [5, 5.41) is 0. The van der Waals surface area contributed by atoms with Gasteiger partial charge in [-0.05, 0) is 40.8 Å². The lowest BCUT2D eigenvalue weighted by Gasteiger charge is -2.21. The summed E-state index contributed by atoms with van der Waals surface area (Å²) in [6.07, 6.45) is 6.73. The van der Waals surface area contributed by atoms with Gasteiger partial charge >= 0.3 is 0 Å². The van der Waals surface area contributed by atoms with Gasteiger partial charge in [0.2, 0.25) is 0 Å². The van der Waals surface area contributed by atoms with E-state index >= 15 is 0 Å². The molecule has 3 nitrogen and oxygen atoms in total. The van der Waals surface area contributed by atoms with Crippen LogP contribution in [0.15, 0.2) is 10.7 Å². The molecule has 1 fully saturated rings. The molecule has 1 aliphatic rings. The van der Waals surface area contributed by atoms with Crippen LogP contribution in [0.1, 0.15) is 48.5 Å². The van der Waals surface area contributed by atoms with Gasteiger partial charge < -0.3 is 4.98 Å². The third-order valence-electron chi connectivity index (χ3n) is 3.84. The van der Waals surface area contributed by atoms with Crippen LogP contribution in [0.4, 0.5) is 0 Å². The quantitative estimate of drug-likeness (QED) is 0.617. The average Bonchev–Trinajstić information content (AvgIpc) is 2.93.